The summed E-state index contributed by atoms with van der Waals surface area (Å²) in [7, 11) is 1.79. The van der Waals surface area contributed by atoms with E-state index in [4.69, 9.17) is 5.11 Å². The third-order valence-electron chi connectivity index (χ3n) is 3.65. The molecule has 19 heavy (non-hydrogen) atoms. The quantitative estimate of drug-likeness (QED) is 0.818. The summed E-state index contributed by atoms with van der Waals surface area (Å²) in [6.45, 7) is 0.276. The van der Waals surface area contributed by atoms with Crippen molar-refractivity contribution in [2.45, 2.75) is 32.2 Å². The number of nitrogens with zero attached hydrogens (tertiary/aromatic N) is 3. The standard InChI is InChI=1S/C12H18N4O3/c1-16-7-14-15-10(16)6-13-11(17)8-4-2-3-5-9(8)12(18)19/h7-9H,2-6H2,1H3,(H,13,17)(H,18,19)/t8-,9+/m1/s1. The van der Waals surface area contributed by atoms with Gasteiger partial charge in [-0.3, -0.25) is 9.59 Å². The van der Waals surface area contributed by atoms with Crippen molar-refractivity contribution in [3.63, 3.8) is 0 Å². The van der Waals surface area contributed by atoms with Gasteiger partial charge in [0.15, 0.2) is 5.82 Å². The summed E-state index contributed by atoms with van der Waals surface area (Å²) in [4.78, 5) is 23.2. The largest absolute Gasteiger partial charge is 0.481 e. The van der Waals surface area contributed by atoms with Gasteiger partial charge < -0.3 is 15.0 Å². The minimum absolute atomic E-state index is 0.199. The molecular formula is C12H18N4O3. The molecule has 1 aromatic rings. The molecule has 1 fully saturated rings. The van der Waals surface area contributed by atoms with E-state index in [0.29, 0.717) is 18.7 Å². The number of carbonyl (C=O) groups excluding carboxylic acids is 1. The van der Waals surface area contributed by atoms with Crippen LogP contribution in [0.25, 0.3) is 0 Å². The molecule has 0 bridgehead atoms. The van der Waals surface area contributed by atoms with E-state index in [-0.39, 0.29) is 12.5 Å². The van der Waals surface area contributed by atoms with Crippen LogP contribution in [0.2, 0.25) is 0 Å². The van der Waals surface area contributed by atoms with Crippen molar-refractivity contribution < 1.29 is 14.7 Å². The van der Waals surface area contributed by atoms with E-state index < -0.39 is 17.8 Å². The average molecular weight is 266 g/mol. The molecule has 1 aliphatic carbocycles. The highest BCUT2D eigenvalue weighted by atomic mass is 16.4. The van der Waals surface area contributed by atoms with E-state index in [1.807, 2.05) is 0 Å². The molecule has 0 aromatic carbocycles. The van der Waals surface area contributed by atoms with Crippen molar-refractivity contribution in [1.82, 2.24) is 20.1 Å². The maximum Gasteiger partial charge on any atom is 0.307 e. The first-order valence-corrected chi connectivity index (χ1v) is 6.43. The number of hydrogen-bond acceptors (Lipinski definition) is 4. The summed E-state index contributed by atoms with van der Waals surface area (Å²) in [6.07, 6.45) is 4.57. The summed E-state index contributed by atoms with van der Waals surface area (Å²) in [5.41, 5.74) is 0. The molecule has 2 N–H and O–H groups in total. The summed E-state index contributed by atoms with van der Waals surface area (Å²) >= 11 is 0. The minimum Gasteiger partial charge on any atom is -0.481 e. The van der Waals surface area contributed by atoms with Crippen molar-refractivity contribution in [2.24, 2.45) is 18.9 Å². The second kappa shape index (κ2) is 5.81. The van der Waals surface area contributed by atoms with Crippen LogP contribution in [0.5, 0.6) is 0 Å². The predicted octanol–water partition coefficient (Wildman–Crippen LogP) is 0.322. The Morgan fingerprint density at radius 2 is 2.11 bits per heavy atom. The molecule has 7 heteroatoms. The van der Waals surface area contributed by atoms with Crippen molar-refractivity contribution in [2.75, 3.05) is 0 Å². The number of carbonyl (C=O) groups is 2. The molecule has 0 saturated heterocycles. The molecule has 2 atom stereocenters. The summed E-state index contributed by atoms with van der Waals surface area (Å²) in [5, 5.41) is 19.5. The summed E-state index contributed by atoms with van der Waals surface area (Å²) < 4.78 is 1.72. The number of hydrogen-bond donors (Lipinski definition) is 2. The number of aliphatic carboxylic acids is 1. The second-order valence-electron chi connectivity index (χ2n) is 4.91. The summed E-state index contributed by atoms with van der Waals surface area (Å²) in [5.74, 6) is -1.42. The van der Waals surface area contributed by atoms with Gasteiger partial charge in [0.05, 0.1) is 18.4 Å². The normalized spacial score (nSPS) is 23.0. The van der Waals surface area contributed by atoms with E-state index in [2.05, 4.69) is 15.5 Å². The van der Waals surface area contributed by atoms with Crippen molar-refractivity contribution in [1.29, 1.82) is 0 Å². The Morgan fingerprint density at radius 1 is 1.42 bits per heavy atom. The fraction of sp³-hybridized carbons (Fsp3) is 0.667. The highest BCUT2D eigenvalue weighted by molar-refractivity contribution is 5.84. The number of carboxylic acid groups (broad SMARTS) is 1. The van der Waals surface area contributed by atoms with Crippen LogP contribution in [0.1, 0.15) is 31.5 Å². The van der Waals surface area contributed by atoms with Gasteiger partial charge in [0, 0.05) is 7.05 Å². The molecule has 0 aliphatic heterocycles. The SMILES string of the molecule is Cn1cnnc1CNC(=O)[C@@H]1CCCC[C@@H]1C(=O)O. The Kier molecular flexibility index (Phi) is 4.13. The van der Waals surface area contributed by atoms with Crippen LogP contribution in [-0.4, -0.2) is 31.7 Å². The molecule has 7 nitrogen and oxygen atoms in total. The van der Waals surface area contributed by atoms with Crippen LogP contribution in [-0.2, 0) is 23.2 Å². The number of amides is 1. The molecule has 2 rings (SSSR count). The second-order valence-corrected chi connectivity index (χ2v) is 4.91. The average Bonchev–Trinajstić information content (AvgIpc) is 2.81. The van der Waals surface area contributed by atoms with Crippen LogP contribution in [0, 0.1) is 11.8 Å². The molecule has 1 aliphatic rings. The van der Waals surface area contributed by atoms with Crippen LogP contribution < -0.4 is 5.32 Å². The number of aromatic nitrogens is 3. The zero-order valence-corrected chi connectivity index (χ0v) is 10.9. The maximum atomic E-state index is 12.1. The van der Waals surface area contributed by atoms with Gasteiger partial charge in [-0.2, -0.15) is 0 Å². The van der Waals surface area contributed by atoms with Gasteiger partial charge in [-0.05, 0) is 12.8 Å². The monoisotopic (exact) mass is 266 g/mol. The Balaban J connectivity index is 1.94. The van der Waals surface area contributed by atoms with Crippen molar-refractivity contribution in [3.05, 3.63) is 12.2 Å². The van der Waals surface area contributed by atoms with Gasteiger partial charge in [-0.25, -0.2) is 0 Å². The number of carboxylic acids is 1. The molecule has 1 amide bonds. The third-order valence-corrected chi connectivity index (χ3v) is 3.65. The van der Waals surface area contributed by atoms with E-state index in [9.17, 15) is 9.59 Å². The molecule has 1 aromatic heterocycles. The van der Waals surface area contributed by atoms with Crippen LogP contribution in [0.3, 0.4) is 0 Å². The van der Waals surface area contributed by atoms with Gasteiger partial charge in [0.1, 0.15) is 6.33 Å². The Hall–Kier alpha value is -1.92. The molecule has 104 valence electrons. The number of nitrogens with one attached hydrogen (secondary N) is 1. The van der Waals surface area contributed by atoms with E-state index in [0.717, 1.165) is 12.8 Å². The van der Waals surface area contributed by atoms with Crippen molar-refractivity contribution in [3.8, 4) is 0 Å². The highest BCUT2D eigenvalue weighted by Crippen LogP contribution is 2.30. The lowest BCUT2D eigenvalue weighted by Gasteiger charge is -2.27. The smallest absolute Gasteiger partial charge is 0.307 e. The maximum absolute atomic E-state index is 12.1. The van der Waals surface area contributed by atoms with Crippen molar-refractivity contribution >= 4 is 11.9 Å². The fourth-order valence-electron chi connectivity index (χ4n) is 2.50. The first kappa shape index (κ1) is 13.5. The predicted molar refractivity (Wildman–Crippen MR) is 65.9 cm³/mol. The Morgan fingerprint density at radius 3 is 2.68 bits per heavy atom. The van der Waals surface area contributed by atoms with Crippen LogP contribution in [0.4, 0.5) is 0 Å². The first-order valence-electron chi connectivity index (χ1n) is 6.43. The molecule has 0 unspecified atom stereocenters. The Labute approximate surface area is 111 Å². The van der Waals surface area contributed by atoms with E-state index in [1.54, 1.807) is 17.9 Å². The highest BCUT2D eigenvalue weighted by Gasteiger charge is 2.35. The van der Waals surface area contributed by atoms with E-state index in [1.165, 1.54) is 0 Å². The zero-order chi connectivity index (χ0) is 13.8. The van der Waals surface area contributed by atoms with Gasteiger partial charge in [0.25, 0.3) is 0 Å². The van der Waals surface area contributed by atoms with Crippen LogP contribution in [0.15, 0.2) is 6.33 Å². The van der Waals surface area contributed by atoms with Gasteiger partial charge in [-0.15, -0.1) is 10.2 Å². The lowest BCUT2D eigenvalue weighted by molar-refractivity contribution is -0.148. The zero-order valence-electron chi connectivity index (χ0n) is 10.9. The van der Waals surface area contributed by atoms with Gasteiger partial charge in [0.2, 0.25) is 5.91 Å². The lowest BCUT2D eigenvalue weighted by atomic mass is 9.79. The number of aryl methyl sites for hydroxylation is 1. The minimum atomic E-state index is -0.876. The van der Waals surface area contributed by atoms with Gasteiger partial charge >= 0.3 is 5.97 Å². The van der Waals surface area contributed by atoms with E-state index >= 15 is 0 Å². The third kappa shape index (κ3) is 3.10. The fourth-order valence-corrected chi connectivity index (χ4v) is 2.50. The van der Waals surface area contributed by atoms with Gasteiger partial charge in [-0.1, -0.05) is 12.8 Å². The molecule has 1 saturated carbocycles. The number of rotatable bonds is 4. The molecule has 0 spiro atoms. The Bertz CT molecular complexity index is 471. The molecular weight excluding hydrogens is 248 g/mol. The summed E-state index contributed by atoms with van der Waals surface area (Å²) in [6, 6.07) is 0. The van der Waals surface area contributed by atoms with Crippen LogP contribution >= 0.6 is 0 Å². The molecule has 1 heterocycles. The first-order chi connectivity index (χ1) is 9.09. The molecule has 0 radical (unpaired) electrons. The lowest BCUT2D eigenvalue weighted by Crippen LogP contribution is -2.39. The topological polar surface area (TPSA) is 97.1 Å².